The van der Waals surface area contributed by atoms with Crippen LogP contribution in [0.3, 0.4) is 0 Å². The van der Waals surface area contributed by atoms with Crippen LogP contribution in [0.5, 0.6) is 11.5 Å². The molecule has 0 aliphatic heterocycles. The second-order valence-corrected chi connectivity index (χ2v) is 4.41. The number of ether oxygens (including phenoxy) is 2. The average molecular weight is 279 g/mol. The molecule has 0 atom stereocenters. The summed E-state index contributed by atoms with van der Waals surface area (Å²) in [6, 6.07) is 12.8. The fourth-order valence-electron chi connectivity index (χ4n) is 1.74. The fourth-order valence-corrected chi connectivity index (χ4v) is 1.92. The van der Waals surface area contributed by atoms with E-state index in [9.17, 15) is 5.11 Å². The van der Waals surface area contributed by atoms with E-state index in [-0.39, 0.29) is 5.75 Å². The first-order valence-corrected chi connectivity index (χ1v) is 6.30. The molecule has 3 nitrogen and oxygen atoms in total. The first-order valence-electron chi connectivity index (χ1n) is 5.92. The number of aromatic hydroxyl groups is 1. The molecule has 100 valence electrons. The number of hydrogen-bond donors (Lipinski definition) is 1. The van der Waals surface area contributed by atoms with E-state index in [0.717, 1.165) is 16.9 Å². The predicted octanol–water partition coefficient (Wildman–Crippen LogP) is 3.74. The molecule has 0 amide bonds. The highest BCUT2D eigenvalue weighted by Crippen LogP contribution is 2.34. The van der Waals surface area contributed by atoms with Gasteiger partial charge in [0.15, 0.2) is 0 Å². The van der Waals surface area contributed by atoms with Crippen molar-refractivity contribution in [2.75, 3.05) is 20.3 Å². The highest BCUT2D eigenvalue weighted by atomic mass is 35.5. The highest BCUT2D eigenvalue weighted by Gasteiger charge is 2.08. The molecule has 0 unspecified atom stereocenters. The Kier molecular flexibility index (Phi) is 4.66. The monoisotopic (exact) mass is 278 g/mol. The molecule has 0 saturated carbocycles. The van der Waals surface area contributed by atoms with E-state index in [1.54, 1.807) is 25.3 Å². The molecule has 0 fully saturated rings. The van der Waals surface area contributed by atoms with Crippen LogP contribution in [-0.2, 0) is 4.74 Å². The van der Waals surface area contributed by atoms with Crippen molar-refractivity contribution in [3.63, 3.8) is 0 Å². The quantitative estimate of drug-likeness (QED) is 0.847. The van der Waals surface area contributed by atoms with E-state index in [1.807, 2.05) is 24.3 Å². The summed E-state index contributed by atoms with van der Waals surface area (Å²) in [7, 11) is 1.63. The van der Waals surface area contributed by atoms with Gasteiger partial charge in [-0.05, 0) is 23.8 Å². The number of para-hydroxylation sites is 1. The number of benzene rings is 2. The van der Waals surface area contributed by atoms with Gasteiger partial charge in [-0.15, -0.1) is 0 Å². The molecule has 0 aromatic heterocycles. The normalized spacial score (nSPS) is 10.4. The van der Waals surface area contributed by atoms with Crippen molar-refractivity contribution in [1.82, 2.24) is 0 Å². The third kappa shape index (κ3) is 3.40. The maximum atomic E-state index is 9.45. The molecule has 0 radical (unpaired) electrons. The smallest absolute Gasteiger partial charge is 0.134 e. The van der Waals surface area contributed by atoms with Gasteiger partial charge in [0.2, 0.25) is 0 Å². The zero-order chi connectivity index (χ0) is 13.7. The van der Waals surface area contributed by atoms with Gasteiger partial charge in [0.05, 0.1) is 11.6 Å². The maximum absolute atomic E-state index is 9.45. The van der Waals surface area contributed by atoms with Crippen LogP contribution < -0.4 is 4.74 Å². The molecule has 0 bridgehead atoms. The van der Waals surface area contributed by atoms with Gasteiger partial charge in [-0.25, -0.2) is 0 Å². The number of phenolic OH excluding ortho intramolecular Hbond substituents is 1. The van der Waals surface area contributed by atoms with E-state index in [1.165, 1.54) is 0 Å². The molecule has 19 heavy (non-hydrogen) atoms. The SMILES string of the molecule is COCCOc1ccccc1-c1ccc(O)c(Cl)c1. The van der Waals surface area contributed by atoms with E-state index < -0.39 is 0 Å². The Hall–Kier alpha value is -1.71. The Morgan fingerprint density at radius 2 is 1.89 bits per heavy atom. The highest BCUT2D eigenvalue weighted by molar-refractivity contribution is 6.32. The Labute approximate surface area is 117 Å². The maximum Gasteiger partial charge on any atom is 0.134 e. The molecule has 4 heteroatoms. The lowest BCUT2D eigenvalue weighted by molar-refractivity contribution is 0.146. The number of hydrogen-bond acceptors (Lipinski definition) is 3. The zero-order valence-corrected chi connectivity index (χ0v) is 11.4. The molecule has 0 spiro atoms. The topological polar surface area (TPSA) is 38.7 Å². The van der Waals surface area contributed by atoms with E-state index >= 15 is 0 Å². The van der Waals surface area contributed by atoms with E-state index in [2.05, 4.69) is 0 Å². The minimum Gasteiger partial charge on any atom is -0.506 e. The van der Waals surface area contributed by atoms with Crippen LogP contribution in [0.25, 0.3) is 11.1 Å². The first-order chi connectivity index (χ1) is 9.22. The minimum atomic E-state index is 0.0724. The van der Waals surface area contributed by atoms with Crippen molar-refractivity contribution in [3.8, 4) is 22.6 Å². The zero-order valence-electron chi connectivity index (χ0n) is 10.6. The van der Waals surface area contributed by atoms with Gasteiger partial charge in [0, 0.05) is 12.7 Å². The lowest BCUT2D eigenvalue weighted by Gasteiger charge is -2.11. The van der Waals surface area contributed by atoms with Gasteiger partial charge < -0.3 is 14.6 Å². The molecular weight excluding hydrogens is 264 g/mol. The average Bonchev–Trinajstić information content (AvgIpc) is 2.43. The van der Waals surface area contributed by atoms with Gasteiger partial charge >= 0.3 is 0 Å². The number of phenols is 1. The summed E-state index contributed by atoms with van der Waals surface area (Å²) in [5.74, 6) is 0.838. The Morgan fingerprint density at radius 1 is 1.11 bits per heavy atom. The Balaban J connectivity index is 2.30. The molecule has 1 N–H and O–H groups in total. The van der Waals surface area contributed by atoms with E-state index in [0.29, 0.717) is 18.2 Å². The van der Waals surface area contributed by atoms with Crippen LogP contribution in [0, 0.1) is 0 Å². The number of methoxy groups -OCH3 is 1. The summed E-state index contributed by atoms with van der Waals surface area (Å²) >= 11 is 5.93. The van der Waals surface area contributed by atoms with Crippen molar-refractivity contribution >= 4 is 11.6 Å². The van der Waals surface area contributed by atoms with Gasteiger partial charge in [-0.2, -0.15) is 0 Å². The van der Waals surface area contributed by atoms with E-state index in [4.69, 9.17) is 21.1 Å². The summed E-state index contributed by atoms with van der Waals surface area (Å²) in [5, 5.41) is 9.78. The van der Waals surface area contributed by atoms with Crippen LogP contribution in [0.15, 0.2) is 42.5 Å². The van der Waals surface area contributed by atoms with Crippen LogP contribution in [0.2, 0.25) is 5.02 Å². The summed E-state index contributed by atoms with van der Waals surface area (Å²) in [5.41, 5.74) is 1.83. The second kappa shape index (κ2) is 6.45. The van der Waals surface area contributed by atoms with Gasteiger partial charge in [-0.3, -0.25) is 0 Å². The number of rotatable bonds is 5. The van der Waals surface area contributed by atoms with Crippen molar-refractivity contribution in [1.29, 1.82) is 0 Å². The van der Waals surface area contributed by atoms with Crippen LogP contribution in [-0.4, -0.2) is 25.4 Å². The largest absolute Gasteiger partial charge is 0.506 e. The van der Waals surface area contributed by atoms with Crippen LogP contribution in [0.1, 0.15) is 0 Å². The molecule has 0 saturated heterocycles. The molecule has 0 aliphatic rings. The lowest BCUT2D eigenvalue weighted by atomic mass is 10.0. The molecular formula is C15H15ClO3. The summed E-state index contributed by atoms with van der Waals surface area (Å²) in [6.45, 7) is 1.02. The molecule has 0 aliphatic carbocycles. The molecule has 2 aromatic rings. The lowest BCUT2D eigenvalue weighted by Crippen LogP contribution is -2.04. The summed E-state index contributed by atoms with van der Waals surface area (Å²) < 4.78 is 10.6. The van der Waals surface area contributed by atoms with Gasteiger partial charge in [-0.1, -0.05) is 35.9 Å². The number of halogens is 1. The van der Waals surface area contributed by atoms with Crippen molar-refractivity contribution in [2.45, 2.75) is 0 Å². The molecule has 0 heterocycles. The summed E-state index contributed by atoms with van der Waals surface area (Å²) in [6.07, 6.45) is 0. The van der Waals surface area contributed by atoms with Gasteiger partial charge in [0.1, 0.15) is 18.1 Å². The predicted molar refractivity (Wildman–Crippen MR) is 75.9 cm³/mol. The van der Waals surface area contributed by atoms with Crippen LogP contribution >= 0.6 is 11.6 Å². The van der Waals surface area contributed by atoms with Crippen molar-refractivity contribution < 1.29 is 14.6 Å². The standard InChI is InChI=1S/C15H15ClO3/c1-18-8-9-19-15-5-3-2-4-12(15)11-6-7-14(17)13(16)10-11/h2-7,10,17H,8-9H2,1H3. The summed E-state index contributed by atoms with van der Waals surface area (Å²) in [4.78, 5) is 0. The fraction of sp³-hybridized carbons (Fsp3) is 0.200. The minimum absolute atomic E-state index is 0.0724. The van der Waals surface area contributed by atoms with Crippen LogP contribution in [0.4, 0.5) is 0 Å². The third-order valence-electron chi connectivity index (χ3n) is 2.69. The first kappa shape index (κ1) is 13.7. The van der Waals surface area contributed by atoms with Crippen molar-refractivity contribution in [3.05, 3.63) is 47.5 Å². The van der Waals surface area contributed by atoms with Gasteiger partial charge in [0.25, 0.3) is 0 Å². The Bertz CT molecular complexity index is 555. The third-order valence-corrected chi connectivity index (χ3v) is 2.99. The molecule has 2 aromatic carbocycles. The second-order valence-electron chi connectivity index (χ2n) is 4.00. The molecule has 2 rings (SSSR count). The van der Waals surface area contributed by atoms with Crippen molar-refractivity contribution in [2.24, 2.45) is 0 Å². The Morgan fingerprint density at radius 3 is 2.63 bits per heavy atom.